The maximum absolute atomic E-state index is 5.77. The van der Waals surface area contributed by atoms with Crippen LogP contribution in [0.1, 0.15) is 33.6 Å². The van der Waals surface area contributed by atoms with E-state index in [-0.39, 0.29) is 5.54 Å². The van der Waals surface area contributed by atoms with Crippen LogP contribution >= 0.6 is 0 Å². The summed E-state index contributed by atoms with van der Waals surface area (Å²) < 4.78 is 5.77. The van der Waals surface area contributed by atoms with Crippen molar-refractivity contribution < 1.29 is 4.74 Å². The molecule has 2 rings (SSSR count). The van der Waals surface area contributed by atoms with Gasteiger partial charge in [0, 0.05) is 18.6 Å². The van der Waals surface area contributed by atoms with Gasteiger partial charge in [0.2, 0.25) is 0 Å². The maximum atomic E-state index is 5.77. The Labute approximate surface area is 116 Å². The van der Waals surface area contributed by atoms with Gasteiger partial charge in [-0.15, -0.1) is 0 Å². The molecule has 0 spiro atoms. The molecule has 3 heteroatoms. The van der Waals surface area contributed by atoms with E-state index < -0.39 is 0 Å². The van der Waals surface area contributed by atoms with Crippen LogP contribution in [-0.4, -0.2) is 31.8 Å². The summed E-state index contributed by atoms with van der Waals surface area (Å²) in [6.07, 6.45) is 2.46. The Balaban J connectivity index is 2.22. The second kappa shape index (κ2) is 6.29. The number of anilines is 1. The van der Waals surface area contributed by atoms with Crippen molar-refractivity contribution in [2.45, 2.75) is 39.2 Å². The second-order valence-corrected chi connectivity index (χ2v) is 5.84. The fraction of sp³-hybridized carbons (Fsp3) is 0.625. The molecule has 1 N–H and O–H groups in total. The van der Waals surface area contributed by atoms with Gasteiger partial charge in [-0.2, -0.15) is 0 Å². The fourth-order valence-electron chi connectivity index (χ4n) is 2.67. The van der Waals surface area contributed by atoms with Gasteiger partial charge in [-0.05, 0) is 52.3 Å². The van der Waals surface area contributed by atoms with Crippen molar-refractivity contribution in [2.24, 2.45) is 0 Å². The number of hydrogen-bond acceptors (Lipinski definition) is 3. The smallest absolute Gasteiger partial charge is 0.142 e. The van der Waals surface area contributed by atoms with Gasteiger partial charge in [-0.25, -0.2) is 0 Å². The molecular weight excluding hydrogens is 236 g/mol. The zero-order valence-electron chi connectivity index (χ0n) is 12.4. The molecule has 0 bridgehead atoms. The first kappa shape index (κ1) is 14.2. The van der Waals surface area contributed by atoms with E-state index in [2.05, 4.69) is 42.3 Å². The van der Waals surface area contributed by atoms with Crippen LogP contribution in [0.4, 0.5) is 5.69 Å². The third kappa shape index (κ3) is 3.87. The summed E-state index contributed by atoms with van der Waals surface area (Å²) in [5.74, 6) is 1.00. The zero-order chi connectivity index (χ0) is 13.7. The monoisotopic (exact) mass is 262 g/mol. The van der Waals surface area contributed by atoms with Crippen molar-refractivity contribution >= 4 is 5.69 Å². The lowest BCUT2D eigenvalue weighted by Gasteiger charge is -2.37. The highest BCUT2D eigenvalue weighted by atomic mass is 16.5. The van der Waals surface area contributed by atoms with Crippen molar-refractivity contribution in [3.8, 4) is 5.75 Å². The summed E-state index contributed by atoms with van der Waals surface area (Å²) in [5.41, 5.74) is 1.36. The lowest BCUT2D eigenvalue weighted by molar-refractivity contribution is 0.334. The van der Waals surface area contributed by atoms with Gasteiger partial charge in [0.1, 0.15) is 5.75 Å². The first-order valence-corrected chi connectivity index (χ1v) is 7.34. The van der Waals surface area contributed by atoms with Crippen molar-refractivity contribution in [3.05, 3.63) is 24.3 Å². The lowest BCUT2D eigenvalue weighted by Crippen LogP contribution is -2.51. The van der Waals surface area contributed by atoms with E-state index in [1.54, 1.807) is 0 Å². The van der Waals surface area contributed by atoms with E-state index in [1.807, 2.05) is 13.0 Å². The summed E-state index contributed by atoms with van der Waals surface area (Å²) in [7, 11) is 0. The number of nitrogens with one attached hydrogen (secondary N) is 1. The predicted molar refractivity (Wildman–Crippen MR) is 81.1 cm³/mol. The minimum absolute atomic E-state index is 0.139. The van der Waals surface area contributed by atoms with E-state index in [4.69, 9.17) is 4.74 Å². The normalized spacial score (nSPS) is 19.6. The van der Waals surface area contributed by atoms with Crippen molar-refractivity contribution in [1.29, 1.82) is 0 Å². The van der Waals surface area contributed by atoms with Gasteiger partial charge in [0.25, 0.3) is 0 Å². The molecule has 1 aliphatic heterocycles. The molecular formula is C16H26N2O. The molecule has 0 atom stereocenters. The minimum atomic E-state index is 0.139. The van der Waals surface area contributed by atoms with E-state index >= 15 is 0 Å². The third-order valence-electron chi connectivity index (χ3n) is 3.55. The van der Waals surface area contributed by atoms with Crippen LogP contribution in [0.3, 0.4) is 0 Å². The molecule has 0 aromatic heterocycles. The average Bonchev–Trinajstić information content (AvgIpc) is 2.35. The van der Waals surface area contributed by atoms with Crippen LogP contribution < -0.4 is 15.0 Å². The first-order valence-electron chi connectivity index (χ1n) is 7.34. The van der Waals surface area contributed by atoms with Crippen LogP contribution in [0.25, 0.3) is 0 Å². The largest absolute Gasteiger partial charge is 0.492 e. The van der Waals surface area contributed by atoms with Crippen LogP contribution in [0.15, 0.2) is 24.3 Å². The number of benzene rings is 1. The molecule has 0 aliphatic carbocycles. The Bertz CT molecular complexity index is 403. The van der Waals surface area contributed by atoms with E-state index in [0.717, 1.165) is 25.4 Å². The summed E-state index contributed by atoms with van der Waals surface area (Å²) in [6, 6.07) is 8.37. The fourth-order valence-corrected chi connectivity index (χ4v) is 2.67. The van der Waals surface area contributed by atoms with Crippen molar-refractivity contribution in [2.75, 3.05) is 31.1 Å². The molecule has 1 fully saturated rings. The molecule has 19 heavy (non-hydrogen) atoms. The summed E-state index contributed by atoms with van der Waals surface area (Å²) >= 11 is 0. The van der Waals surface area contributed by atoms with Gasteiger partial charge in [-0.1, -0.05) is 12.1 Å². The molecule has 1 saturated heterocycles. The van der Waals surface area contributed by atoms with Crippen molar-refractivity contribution in [1.82, 2.24) is 5.32 Å². The average molecular weight is 262 g/mol. The van der Waals surface area contributed by atoms with Crippen LogP contribution in [-0.2, 0) is 0 Å². The Morgan fingerprint density at radius 3 is 2.84 bits per heavy atom. The second-order valence-electron chi connectivity index (χ2n) is 5.84. The molecule has 1 heterocycles. The van der Waals surface area contributed by atoms with Gasteiger partial charge in [0.05, 0.1) is 12.3 Å². The molecule has 1 aliphatic rings. The van der Waals surface area contributed by atoms with Crippen LogP contribution in [0.5, 0.6) is 5.75 Å². The first-order chi connectivity index (χ1) is 9.12. The Kier molecular flexibility index (Phi) is 4.70. The quantitative estimate of drug-likeness (QED) is 0.906. The highest BCUT2D eigenvalue weighted by Crippen LogP contribution is 2.30. The standard InChI is InChI=1S/C16H26N2O/c1-4-19-15-10-6-5-9-14(15)18-12-8-7-11-17-16(2,3)13-18/h5-6,9-10,17H,4,7-8,11-13H2,1-3H3. The van der Waals surface area contributed by atoms with Gasteiger partial charge < -0.3 is 15.0 Å². The molecule has 106 valence electrons. The molecule has 0 radical (unpaired) electrons. The highest BCUT2D eigenvalue weighted by molar-refractivity contribution is 5.58. The number of nitrogens with zero attached hydrogens (tertiary/aromatic N) is 1. The molecule has 1 aromatic carbocycles. The third-order valence-corrected chi connectivity index (χ3v) is 3.55. The van der Waals surface area contributed by atoms with E-state index in [9.17, 15) is 0 Å². The van der Waals surface area contributed by atoms with Gasteiger partial charge >= 0.3 is 0 Å². The SMILES string of the molecule is CCOc1ccccc1N1CCCCNC(C)(C)C1. The predicted octanol–water partition coefficient (Wildman–Crippen LogP) is 3.05. The summed E-state index contributed by atoms with van der Waals surface area (Å²) in [5, 5.41) is 3.63. The number of rotatable bonds is 3. The van der Waals surface area contributed by atoms with Crippen LogP contribution in [0.2, 0.25) is 0 Å². The number of ether oxygens (including phenoxy) is 1. The molecule has 0 amide bonds. The number of para-hydroxylation sites is 2. The van der Waals surface area contributed by atoms with Gasteiger partial charge in [-0.3, -0.25) is 0 Å². The van der Waals surface area contributed by atoms with Crippen molar-refractivity contribution in [3.63, 3.8) is 0 Å². The lowest BCUT2D eigenvalue weighted by atomic mass is 10.0. The summed E-state index contributed by atoms with van der Waals surface area (Å²) in [6.45, 7) is 10.5. The number of hydrogen-bond donors (Lipinski definition) is 1. The molecule has 0 unspecified atom stereocenters. The zero-order valence-corrected chi connectivity index (χ0v) is 12.4. The van der Waals surface area contributed by atoms with Crippen LogP contribution in [0, 0.1) is 0 Å². The molecule has 1 aromatic rings. The summed E-state index contributed by atoms with van der Waals surface area (Å²) in [4.78, 5) is 2.46. The maximum Gasteiger partial charge on any atom is 0.142 e. The minimum Gasteiger partial charge on any atom is -0.492 e. The Morgan fingerprint density at radius 1 is 1.26 bits per heavy atom. The van der Waals surface area contributed by atoms with Gasteiger partial charge in [0.15, 0.2) is 0 Å². The Hall–Kier alpha value is -1.22. The van der Waals surface area contributed by atoms with E-state index in [0.29, 0.717) is 6.61 Å². The topological polar surface area (TPSA) is 24.5 Å². The molecule has 0 saturated carbocycles. The molecule has 3 nitrogen and oxygen atoms in total. The van der Waals surface area contributed by atoms with E-state index in [1.165, 1.54) is 18.5 Å². The highest BCUT2D eigenvalue weighted by Gasteiger charge is 2.24. The Morgan fingerprint density at radius 2 is 2.05 bits per heavy atom.